The van der Waals surface area contributed by atoms with Crippen LogP contribution >= 0.6 is 11.6 Å². The number of halogens is 1. The summed E-state index contributed by atoms with van der Waals surface area (Å²) in [6.45, 7) is 2.02. The van der Waals surface area contributed by atoms with Gasteiger partial charge in [0.2, 0.25) is 5.88 Å². The van der Waals surface area contributed by atoms with Crippen molar-refractivity contribution in [2.24, 2.45) is 7.05 Å². The lowest BCUT2D eigenvalue weighted by molar-refractivity contribution is 0.400. The molecule has 4 heteroatoms. The zero-order valence-electron chi connectivity index (χ0n) is 8.34. The molecule has 0 fully saturated rings. The van der Waals surface area contributed by atoms with Gasteiger partial charge >= 0.3 is 0 Å². The molecule has 0 aliphatic carbocycles. The number of aromatic nitrogens is 2. The van der Waals surface area contributed by atoms with Crippen molar-refractivity contribution >= 4 is 22.6 Å². The van der Waals surface area contributed by atoms with Gasteiger partial charge in [-0.2, -0.15) is 0 Å². The lowest BCUT2D eigenvalue weighted by atomic mass is 10.3. The zero-order chi connectivity index (χ0) is 10.3. The monoisotopic (exact) mass is 210 g/mol. The Balaban J connectivity index is 2.82. The van der Waals surface area contributed by atoms with Crippen LogP contribution in [0.2, 0.25) is 5.02 Å². The molecule has 0 spiro atoms. The maximum atomic E-state index is 5.98. The smallest absolute Gasteiger partial charge is 0.233 e. The standard InChI is InChI=1S/C10H11ClN2O/c1-6-5-13(2)8-4-7(11)10(14-3)12-9(6)8/h4-5H,1-3H3. The summed E-state index contributed by atoms with van der Waals surface area (Å²) in [6, 6.07) is 1.87. The number of rotatable bonds is 1. The van der Waals surface area contributed by atoms with Gasteiger partial charge in [0.25, 0.3) is 0 Å². The number of ether oxygens (including phenoxy) is 1. The summed E-state index contributed by atoms with van der Waals surface area (Å²) in [7, 11) is 3.54. The lowest BCUT2D eigenvalue weighted by Crippen LogP contribution is -1.90. The molecule has 0 aliphatic rings. The van der Waals surface area contributed by atoms with Gasteiger partial charge in [0.05, 0.1) is 18.1 Å². The molecule has 0 radical (unpaired) electrons. The third-order valence-electron chi connectivity index (χ3n) is 2.26. The van der Waals surface area contributed by atoms with Crippen molar-refractivity contribution in [1.29, 1.82) is 0 Å². The van der Waals surface area contributed by atoms with Gasteiger partial charge in [-0.15, -0.1) is 0 Å². The number of fused-ring (bicyclic) bond motifs is 1. The van der Waals surface area contributed by atoms with E-state index in [4.69, 9.17) is 16.3 Å². The molecule has 0 aromatic carbocycles. The van der Waals surface area contributed by atoms with Crippen LogP contribution in [0.4, 0.5) is 0 Å². The highest BCUT2D eigenvalue weighted by Crippen LogP contribution is 2.28. The topological polar surface area (TPSA) is 27.1 Å². The molecule has 2 aromatic heterocycles. The molecule has 0 saturated heterocycles. The Morgan fingerprint density at radius 3 is 2.86 bits per heavy atom. The van der Waals surface area contributed by atoms with E-state index in [1.165, 1.54) is 0 Å². The Morgan fingerprint density at radius 2 is 2.21 bits per heavy atom. The predicted molar refractivity (Wildman–Crippen MR) is 57.0 cm³/mol. The van der Waals surface area contributed by atoms with Gasteiger partial charge in [-0.25, -0.2) is 4.98 Å². The van der Waals surface area contributed by atoms with Crippen molar-refractivity contribution in [3.05, 3.63) is 22.8 Å². The van der Waals surface area contributed by atoms with E-state index in [1.54, 1.807) is 7.11 Å². The van der Waals surface area contributed by atoms with E-state index in [1.807, 2.05) is 30.8 Å². The first-order chi connectivity index (χ1) is 6.63. The first kappa shape index (κ1) is 9.34. The molecule has 3 nitrogen and oxygen atoms in total. The van der Waals surface area contributed by atoms with Gasteiger partial charge in [-0.3, -0.25) is 0 Å². The summed E-state index contributed by atoms with van der Waals surface area (Å²) in [6.07, 6.45) is 2.02. The van der Waals surface area contributed by atoms with Gasteiger partial charge in [-0.05, 0) is 18.6 Å². The lowest BCUT2D eigenvalue weighted by Gasteiger charge is -2.02. The van der Waals surface area contributed by atoms with E-state index >= 15 is 0 Å². The van der Waals surface area contributed by atoms with Gasteiger partial charge in [0.15, 0.2) is 0 Å². The summed E-state index contributed by atoms with van der Waals surface area (Å²) in [5.74, 6) is 0.480. The van der Waals surface area contributed by atoms with Gasteiger partial charge < -0.3 is 9.30 Å². The first-order valence-corrected chi connectivity index (χ1v) is 4.67. The van der Waals surface area contributed by atoms with E-state index < -0.39 is 0 Å². The van der Waals surface area contributed by atoms with Crippen LogP contribution in [0.15, 0.2) is 12.3 Å². The third-order valence-corrected chi connectivity index (χ3v) is 2.53. The number of hydrogen-bond acceptors (Lipinski definition) is 2. The number of aryl methyl sites for hydroxylation is 2. The number of pyridine rings is 1. The Bertz CT molecular complexity index is 490. The summed E-state index contributed by atoms with van der Waals surface area (Å²) in [5.41, 5.74) is 3.08. The molecule has 0 aliphatic heterocycles. The molecule has 14 heavy (non-hydrogen) atoms. The molecule has 0 amide bonds. The van der Waals surface area contributed by atoms with Crippen LogP contribution in [0.1, 0.15) is 5.56 Å². The van der Waals surface area contributed by atoms with Crippen LogP contribution in [-0.2, 0) is 7.05 Å². The van der Waals surface area contributed by atoms with Crippen molar-refractivity contribution in [2.45, 2.75) is 6.92 Å². The van der Waals surface area contributed by atoms with Gasteiger partial charge in [0.1, 0.15) is 5.02 Å². The summed E-state index contributed by atoms with van der Waals surface area (Å²) < 4.78 is 7.07. The third kappa shape index (κ3) is 1.24. The van der Waals surface area contributed by atoms with Crippen LogP contribution in [0.25, 0.3) is 11.0 Å². The van der Waals surface area contributed by atoms with E-state index in [9.17, 15) is 0 Å². The average molecular weight is 211 g/mol. The van der Waals surface area contributed by atoms with Gasteiger partial charge in [-0.1, -0.05) is 11.6 Å². The van der Waals surface area contributed by atoms with Crippen LogP contribution in [-0.4, -0.2) is 16.7 Å². The number of nitrogens with zero attached hydrogens (tertiary/aromatic N) is 2. The van der Waals surface area contributed by atoms with E-state index in [0.29, 0.717) is 10.9 Å². The fourth-order valence-electron chi connectivity index (χ4n) is 1.59. The second-order valence-corrected chi connectivity index (χ2v) is 3.68. The van der Waals surface area contributed by atoms with Crippen LogP contribution in [0.5, 0.6) is 5.88 Å². The average Bonchev–Trinajstić information content (AvgIpc) is 2.41. The largest absolute Gasteiger partial charge is 0.480 e. The van der Waals surface area contributed by atoms with Crippen molar-refractivity contribution in [3.63, 3.8) is 0 Å². The molecule has 0 unspecified atom stereocenters. The highest BCUT2D eigenvalue weighted by atomic mass is 35.5. The summed E-state index contributed by atoms with van der Waals surface area (Å²) >= 11 is 5.98. The molecule has 0 bridgehead atoms. The fraction of sp³-hybridized carbons (Fsp3) is 0.300. The number of hydrogen-bond donors (Lipinski definition) is 0. The minimum Gasteiger partial charge on any atom is -0.480 e. The van der Waals surface area contributed by atoms with Crippen molar-refractivity contribution in [3.8, 4) is 5.88 Å². The Hall–Kier alpha value is -1.22. The molecule has 2 aromatic rings. The van der Waals surface area contributed by atoms with Crippen LogP contribution in [0.3, 0.4) is 0 Å². The molecule has 0 saturated carbocycles. The van der Waals surface area contributed by atoms with E-state index in [0.717, 1.165) is 16.6 Å². The second-order valence-electron chi connectivity index (χ2n) is 3.27. The normalized spacial score (nSPS) is 10.9. The van der Waals surface area contributed by atoms with E-state index in [2.05, 4.69) is 4.98 Å². The van der Waals surface area contributed by atoms with Crippen LogP contribution < -0.4 is 4.74 Å². The van der Waals surface area contributed by atoms with Crippen LogP contribution in [0, 0.1) is 6.92 Å². The molecular weight excluding hydrogens is 200 g/mol. The Morgan fingerprint density at radius 1 is 1.50 bits per heavy atom. The molecule has 2 heterocycles. The Kier molecular flexibility index (Phi) is 2.11. The zero-order valence-corrected chi connectivity index (χ0v) is 9.09. The second kappa shape index (κ2) is 3.17. The van der Waals surface area contributed by atoms with Crippen molar-refractivity contribution in [2.75, 3.05) is 7.11 Å². The highest BCUT2D eigenvalue weighted by Gasteiger charge is 2.09. The number of methoxy groups -OCH3 is 1. The molecule has 74 valence electrons. The van der Waals surface area contributed by atoms with Gasteiger partial charge in [0, 0.05) is 13.2 Å². The minimum atomic E-state index is 0.480. The van der Waals surface area contributed by atoms with Crippen molar-refractivity contribution in [1.82, 2.24) is 9.55 Å². The molecule has 2 rings (SSSR count). The van der Waals surface area contributed by atoms with E-state index in [-0.39, 0.29) is 0 Å². The fourth-order valence-corrected chi connectivity index (χ4v) is 1.81. The molecular formula is C10H11ClN2O. The van der Waals surface area contributed by atoms with Crippen molar-refractivity contribution < 1.29 is 4.74 Å². The maximum Gasteiger partial charge on any atom is 0.233 e. The summed E-state index contributed by atoms with van der Waals surface area (Å²) in [5, 5.41) is 0.543. The SMILES string of the molecule is COc1nc2c(C)cn(C)c2cc1Cl. The highest BCUT2D eigenvalue weighted by molar-refractivity contribution is 6.32. The summed E-state index contributed by atoms with van der Waals surface area (Å²) in [4.78, 5) is 4.34. The first-order valence-electron chi connectivity index (χ1n) is 4.29. The predicted octanol–water partition coefficient (Wildman–Crippen LogP) is 2.54. The quantitative estimate of drug-likeness (QED) is 0.723. The Labute approximate surface area is 87.3 Å². The molecule has 0 atom stereocenters. The minimum absolute atomic E-state index is 0.480. The maximum absolute atomic E-state index is 5.98. The molecule has 0 N–H and O–H groups in total.